The van der Waals surface area contributed by atoms with E-state index in [0.29, 0.717) is 23.9 Å². The molecule has 1 aromatic heterocycles. The minimum absolute atomic E-state index is 0.0846. The molecule has 2 aromatic rings. The monoisotopic (exact) mass is 757 g/mol. The number of esters is 2. The molecule has 0 spiro atoms. The summed E-state index contributed by atoms with van der Waals surface area (Å²) in [5, 5.41) is 7.19. The SMILES string of the molecule is CC(=O)O[C@H](C)c1ccc2ccc(/C=C/C(C)(C)C(=O)N[C@H](C(=O)NC(C)C(=O)N3CCCC(C(=O)OCC(Cl)(Cl)Cl)N3)C(C)C)c(F)c2n1. The second-order valence-corrected chi connectivity index (χ2v) is 15.6. The summed E-state index contributed by atoms with van der Waals surface area (Å²) in [4.78, 5) is 68.1. The average Bonchev–Trinajstić information content (AvgIpc) is 3.04. The predicted molar refractivity (Wildman–Crippen MR) is 188 cm³/mol. The molecule has 4 atom stereocenters. The van der Waals surface area contributed by atoms with Gasteiger partial charge in [0.25, 0.3) is 5.91 Å². The van der Waals surface area contributed by atoms with Crippen molar-refractivity contribution in [1.82, 2.24) is 26.1 Å². The molecule has 1 aromatic carbocycles. The van der Waals surface area contributed by atoms with Crippen LogP contribution in [0.15, 0.2) is 30.3 Å². The van der Waals surface area contributed by atoms with Gasteiger partial charge in [-0.3, -0.25) is 29.0 Å². The van der Waals surface area contributed by atoms with Gasteiger partial charge in [-0.2, -0.15) is 0 Å². The number of ether oxygens (including phenoxy) is 2. The summed E-state index contributed by atoms with van der Waals surface area (Å²) in [5.74, 6) is -3.75. The van der Waals surface area contributed by atoms with E-state index in [4.69, 9.17) is 44.3 Å². The van der Waals surface area contributed by atoms with E-state index in [0.717, 1.165) is 0 Å². The van der Waals surface area contributed by atoms with Crippen molar-refractivity contribution in [2.75, 3.05) is 13.2 Å². The van der Waals surface area contributed by atoms with E-state index in [1.54, 1.807) is 58.9 Å². The van der Waals surface area contributed by atoms with E-state index in [9.17, 15) is 24.0 Å². The zero-order valence-electron chi connectivity index (χ0n) is 28.9. The summed E-state index contributed by atoms with van der Waals surface area (Å²) in [7, 11) is 0. The molecule has 2 heterocycles. The van der Waals surface area contributed by atoms with E-state index >= 15 is 4.39 Å². The number of pyridine rings is 1. The Morgan fingerprint density at radius 3 is 2.36 bits per heavy atom. The summed E-state index contributed by atoms with van der Waals surface area (Å²) in [6, 6.07) is 3.72. The van der Waals surface area contributed by atoms with Crippen LogP contribution in [0.25, 0.3) is 17.0 Å². The van der Waals surface area contributed by atoms with E-state index in [2.05, 4.69) is 21.0 Å². The number of nitrogens with zero attached hydrogens (tertiary/aromatic N) is 2. The molecule has 16 heteroatoms. The number of rotatable bonds is 12. The first kappa shape index (κ1) is 40.9. The van der Waals surface area contributed by atoms with Gasteiger partial charge in [0.1, 0.15) is 36.4 Å². The molecule has 2 unspecified atom stereocenters. The third-order valence-electron chi connectivity index (χ3n) is 7.96. The van der Waals surface area contributed by atoms with E-state index < -0.39 is 75.5 Å². The molecule has 3 amide bonds. The maximum absolute atomic E-state index is 15.6. The molecule has 1 saturated heterocycles. The molecule has 1 fully saturated rings. The standard InChI is InChI=1S/C34H43Cl3FN5O7/c1-18(2)27(29(45)39-19(3)30(46)43-16-8-9-25(42-43)31(47)49-17-34(35,36)37)41-32(48)33(6,7)15-14-22-10-11-23-12-13-24(20(4)50-21(5)44)40-28(23)26(22)38/h10-15,18-20,25,27,42H,8-9,16-17H2,1-7H3,(H,39,45)(H,41,48)/b15-14+/t19?,20-,25?,27+/m1/s1. The number of carbonyl (C=O) groups is 5. The van der Waals surface area contributed by atoms with Crippen LogP contribution in [0.2, 0.25) is 0 Å². The van der Waals surface area contributed by atoms with Crippen LogP contribution in [0.3, 0.4) is 0 Å². The Hall–Kier alpha value is -3.52. The van der Waals surface area contributed by atoms with Gasteiger partial charge in [0, 0.05) is 24.4 Å². The van der Waals surface area contributed by atoms with Crippen molar-refractivity contribution in [3.8, 4) is 0 Å². The smallest absolute Gasteiger partial charge is 0.325 e. The van der Waals surface area contributed by atoms with Crippen LogP contribution in [0.4, 0.5) is 4.39 Å². The number of hydrazine groups is 1. The van der Waals surface area contributed by atoms with Crippen LogP contribution in [-0.4, -0.2) is 74.7 Å². The lowest BCUT2D eigenvalue weighted by Crippen LogP contribution is -2.61. The lowest BCUT2D eigenvalue weighted by molar-refractivity contribution is -0.153. The Kier molecular flexibility index (Phi) is 14.0. The van der Waals surface area contributed by atoms with Gasteiger partial charge in [-0.15, -0.1) is 0 Å². The fourth-order valence-electron chi connectivity index (χ4n) is 5.05. The van der Waals surface area contributed by atoms with Gasteiger partial charge >= 0.3 is 11.9 Å². The van der Waals surface area contributed by atoms with Crippen molar-refractivity contribution < 1.29 is 37.8 Å². The van der Waals surface area contributed by atoms with Crippen LogP contribution in [-0.2, 0) is 33.4 Å². The molecule has 274 valence electrons. The molecule has 1 aliphatic rings. The maximum Gasteiger partial charge on any atom is 0.325 e. The molecule has 3 rings (SSSR count). The molecule has 50 heavy (non-hydrogen) atoms. The zero-order valence-corrected chi connectivity index (χ0v) is 31.2. The molecular weight excluding hydrogens is 716 g/mol. The minimum atomic E-state index is -1.78. The Labute approximate surface area is 305 Å². The Morgan fingerprint density at radius 1 is 1.08 bits per heavy atom. The van der Waals surface area contributed by atoms with Crippen molar-refractivity contribution in [3.63, 3.8) is 0 Å². The number of hydrogen-bond acceptors (Lipinski definition) is 9. The van der Waals surface area contributed by atoms with Crippen molar-refractivity contribution in [2.45, 2.75) is 89.3 Å². The van der Waals surface area contributed by atoms with Gasteiger partial charge < -0.3 is 20.1 Å². The molecular formula is C34H43Cl3FN5O7. The van der Waals surface area contributed by atoms with E-state index in [1.807, 2.05) is 0 Å². The highest BCUT2D eigenvalue weighted by molar-refractivity contribution is 6.67. The number of aromatic nitrogens is 1. The van der Waals surface area contributed by atoms with Gasteiger partial charge in [0.05, 0.1) is 11.1 Å². The first-order valence-corrected chi connectivity index (χ1v) is 17.2. The lowest BCUT2D eigenvalue weighted by atomic mass is 9.89. The molecule has 0 saturated carbocycles. The first-order chi connectivity index (χ1) is 23.2. The van der Waals surface area contributed by atoms with Crippen molar-refractivity contribution in [2.24, 2.45) is 11.3 Å². The Morgan fingerprint density at radius 2 is 1.74 bits per heavy atom. The van der Waals surface area contributed by atoms with Gasteiger partial charge in [0.15, 0.2) is 5.82 Å². The third kappa shape index (κ3) is 11.2. The molecule has 0 aliphatic carbocycles. The summed E-state index contributed by atoms with van der Waals surface area (Å²) < 4.78 is 24.0. The van der Waals surface area contributed by atoms with Crippen molar-refractivity contribution >= 4 is 81.4 Å². The fraction of sp³-hybridized carbons (Fsp3) is 0.529. The number of carbonyl (C=O) groups excluding carboxylic acids is 5. The summed E-state index contributed by atoms with van der Waals surface area (Å²) in [6.45, 7) is 11.0. The summed E-state index contributed by atoms with van der Waals surface area (Å²) >= 11 is 16.9. The van der Waals surface area contributed by atoms with E-state index in [1.165, 1.54) is 31.0 Å². The summed E-state index contributed by atoms with van der Waals surface area (Å²) in [5.41, 5.74) is 2.27. The Bertz CT molecular complexity index is 1630. The summed E-state index contributed by atoms with van der Waals surface area (Å²) in [6.07, 6.45) is 3.19. The molecule has 1 aliphatic heterocycles. The number of halogens is 4. The Balaban J connectivity index is 1.66. The number of amides is 3. The third-order valence-corrected chi connectivity index (χ3v) is 8.28. The zero-order chi connectivity index (χ0) is 37.6. The fourth-order valence-corrected chi connectivity index (χ4v) is 5.22. The van der Waals surface area contributed by atoms with Crippen molar-refractivity contribution in [3.05, 3.63) is 47.4 Å². The second kappa shape index (κ2) is 17.1. The highest BCUT2D eigenvalue weighted by Crippen LogP contribution is 2.28. The van der Waals surface area contributed by atoms with Gasteiger partial charge in [0.2, 0.25) is 15.6 Å². The van der Waals surface area contributed by atoms with Gasteiger partial charge in [-0.25, -0.2) is 14.8 Å². The van der Waals surface area contributed by atoms with Gasteiger partial charge in [-0.05, 0) is 52.5 Å². The minimum Gasteiger partial charge on any atom is -0.460 e. The molecule has 0 radical (unpaired) electrons. The normalized spacial score (nSPS) is 17.3. The second-order valence-electron chi connectivity index (χ2n) is 13.0. The highest BCUT2D eigenvalue weighted by Gasteiger charge is 2.35. The molecule has 0 bridgehead atoms. The lowest BCUT2D eigenvalue weighted by Gasteiger charge is -2.35. The highest BCUT2D eigenvalue weighted by atomic mass is 35.6. The van der Waals surface area contributed by atoms with Crippen LogP contribution in [0, 0.1) is 17.2 Å². The number of fused-ring (bicyclic) bond motifs is 1. The van der Waals surface area contributed by atoms with Crippen molar-refractivity contribution in [1.29, 1.82) is 0 Å². The van der Waals surface area contributed by atoms with Crippen LogP contribution in [0.5, 0.6) is 0 Å². The number of nitrogens with one attached hydrogen (secondary N) is 3. The van der Waals surface area contributed by atoms with Crippen LogP contribution >= 0.6 is 34.8 Å². The van der Waals surface area contributed by atoms with Gasteiger partial charge in [-0.1, -0.05) is 79.0 Å². The largest absolute Gasteiger partial charge is 0.460 e. The first-order valence-electron chi connectivity index (χ1n) is 16.1. The average molecular weight is 759 g/mol. The van der Waals surface area contributed by atoms with E-state index in [-0.39, 0.29) is 23.5 Å². The predicted octanol–water partition coefficient (Wildman–Crippen LogP) is 5.09. The number of hydrogen-bond donors (Lipinski definition) is 3. The number of alkyl halides is 3. The van der Waals surface area contributed by atoms with Crippen LogP contribution < -0.4 is 16.1 Å². The molecule has 12 nitrogen and oxygen atoms in total. The topological polar surface area (TPSA) is 156 Å². The maximum atomic E-state index is 15.6. The quantitative estimate of drug-likeness (QED) is 0.198. The van der Waals surface area contributed by atoms with Crippen LogP contribution in [0.1, 0.15) is 78.7 Å². The number of benzene rings is 1. The molecule has 3 N–H and O–H groups in total.